The summed E-state index contributed by atoms with van der Waals surface area (Å²) < 4.78 is 65.4. The Balaban J connectivity index is 2.55. The molecule has 22 heavy (non-hydrogen) atoms. The highest BCUT2D eigenvalue weighted by Crippen LogP contribution is 2.25. The van der Waals surface area contributed by atoms with Crippen LogP contribution in [0.5, 0.6) is 0 Å². The first-order valence-corrected chi connectivity index (χ1v) is 7.64. The van der Waals surface area contributed by atoms with Crippen LogP contribution in [0, 0.1) is 17.5 Å². The molecule has 0 amide bonds. The summed E-state index contributed by atoms with van der Waals surface area (Å²) in [5.74, 6) is -2.79. The van der Waals surface area contributed by atoms with Crippen molar-refractivity contribution < 1.29 is 26.7 Å². The zero-order chi connectivity index (χ0) is 16.3. The molecule has 0 saturated heterocycles. The number of hydrogen-bond acceptors (Lipinski definition) is 3. The fourth-order valence-corrected chi connectivity index (χ4v) is 3.41. The second kappa shape index (κ2) is 6.37. The third-order valence-electron chi connectivity index (χ3n) is 2.82. The van der Waals surface area contributed by atoms with Gasteiger partial charge in [0.1, 0.15) is 17.5 Å². The average molecular weight is 331 g/mol. The van der Waals surface area contributed by atoms with Crippen molar-refractivity contribution in [3.63, 3.8) is 0 Å². The van der Waals surface area contributed by atoms with E-state index < -0.39 is 39.0 Å². The summed E-state index contributed by atoms with van der Waals surface area (Å²) in [6.07, 6.45) is 0. The van der Waals surface area contributed by atoms with Crippen LogP contribution in [0.2, 0.25) is 0 Å². The van der Waals surface area contributed by atoms with Crippen LogP contribution < -0.4 is 4.31 Å². The van der Waals surface area contributed by atoms with E-state index in [4.69, 9.17) is 5.11 Å². The minimum atomic E-state index is -4.35. The summed E-state index contributed by atoms with van der Waals surface area (Å²) in [4.78, 5) is -0.622. The number of hydrogen-bond donors (Lipinski definition) is 1. The second-order valence-corrected chi connectivity index (χ2v) is 6.25. The van der Waals surface area contributed by atoms with Crippen LogP contribution in [0.3, 0.4) is 0 Å². The van der Waals surface area contributed by atoms with E-state index in [1.165, 1.54) is 12.1 Å². The summed E-state index contributed by atoms with van der Waals surface area (Å²) in [5.41, 5.74) is -0.0567. The molecule has 0 fully saturated rings. The van der Waals surface area contributed by atoms with E-state index in [0.29, 0.717) is 22.5 Å². The van der Waals surface area contributed by atoms with Crippen LogP contribution in [0.4, 0.5) is 18.9 Å². The van der Waals surface area contributed by atoms with Crippen molar-refractivity contribution in [1.29, 1.82) is 0 Å². The van der Waals surface area contributed by atoms with Gasteiger partial charge in [0.15, 0.2) is 0 Å². The van der Waals surface area contributed by atoms with Gasteiger partial charge in [-0.3, -0.25) is 4.31 Å². The normalized spacial score (nSPS) is 11.5. The third kappa shape index (κ3) is 3.40. The van der Waals surface area contributed by atoms with E-state index >= 15 is 0 Å². The number of benzene rings is 2. The summed E-state index contributed by atoms with van der Waals surface area (Å²) >= 11 is 0. The molecule has 0 bridgehead atoms. The topological polar surface area (TPSA) is 57.6 Å². The largest absolute Gasteiger partial charge is 0.394 e. The number of sulfonamides is 1. The number of anilines is 1. The average Bonchev–Trinajstić information content (AvgIpc) is 2.43. The minimum absolute atomic E-state index is 0.0567. The molecule has 0 aliphatic carbocycles. The zero-order valence-corrected chi connectivity index (χ0v) is 12.0. The highest BCUT2D eigenvalue weighted by molar-refractivity contribution is 7.92. The van der Waals surface area contributed by atoms with Gasteiger partial charge in [-0.1, -0.05) is 6.07 Å². The molecule has 0 saturated carbocycles. The Labute approximate surface area is 125 Å². The van der Waals surface area contributed by atoms with Gasteiger partial charge in [0, 0.05) is 6.07 Å². The SMILES string of the molecule is O=S(=O)(c1cc(F)cc(F)c1)N(CCO)c1cccc(F)c1. The molecule has 2 aromatic carbocycles. The van der Waals surface area contributed by atoms with E-state index in [1.807, 2.05) is 0 Å². The maximum atomic E-state index is 13.3. The van der Waals surface area contributed by atoms with Gasteiger partial charge in [-0.15, -0.1) is 0 Å². The van der Waals surface area contributed by atoms with Crippen molar-refractivity contribution in [3.05, 3.63) is 59.9 Å². The zero-order valence-electron chi connectivity index (χ0n) is 11.2. The fraction of sp³-hybridized carbons (Fsp3) is 0.143. The number of halogens is 3. The van der Waals surface area contributed by atoms with Gasteiger partial charge in [0.25, 0.3) is 10.0 Å². The molecular weight excluding hydrogens is 319 g/mol. The molecule has 118 valence electrons. The molecular formula is C14H12F3NO3S. The molecule has 0 atom stereocenters. The van der Waals surface area contributed by atoms with E-state index in [9.17, 15) is 21.6 Å². The predicted octanol–water partition coefficient (Wildman–Crippen LogP) is 2.29. The lowest BCUT2D eigenvalue weighted by Crippen LogP contribution is -2.33. The quantitative estimate of drug-likeness (QED) is 0.914. The molecule has 8 heteroatoms. The minimum Gasteiger partial charge on any atom is -0.394 e. The van der Waals surface area contributed by atoms with E-state index in [1.54, 1.807) is 0 Å². The molecule has 0 aromatic heterocycles. The molecule has 4 nitrogen and oxygen atoms in total. The molecule has 1 N–H and O–H groups in total. The van der Waals surface area contributed by atoms with Gasteiger partial charge in [0.05, 0.1) is 23.7 Å². The molecule has 0 spiro atoms. The number of aliphatic hydroxyl groups is 1. The molecule has 0 heterocycles. The van der Waals surface area contributed by atoms with E-state index in [2.05, 4.69) is 0 Å². The van der Waals surface area contributed by atoms with Crippen molar-refractivity contribution in [1.82, 2.24) is 0 Å². The Hall–Kier alpha value is -2.06. The molecule has 0 aliphatic rings. The summed E-state index contributed by atoms with van der Waals surface area (Å²) in [6.45, 7) is -0.933. The third-order valence-corrected chi connectivity index (χ3v) is 4.63. The highest BCUT2D eigenvalue weighted by Gasteiger charge is 2.26. The van der Waals surface area contributed by atoms with Crippen molar-refractivity contribution in [2.75, 3.05) is 17.5 Å². The van der Waals surface area contributed by atoms with Crippen molar-refractivity contribution >= 4 is 15.7 Å². The lowest BCUT2D eigenvalue weighted by molar-refractivity contribution is 0.306. The second-order valence-electron chi connectivity index (χ2n) is 4.39. The summed E-state index contributed by atoms with van der Waals surface area (Å²) in [6, 6.07) is 6.52. The molecule has 0 aliphatic heterocycles. The first-order chi connectivity index (χ1) is 10.3. The van der Waals surface area contributed by atoms with E-state index in [-0.39, 0.29) is 12.2 Å². The molecule has 0 unspecified atom stereocenters. The van der Waals surface area contributed by atoms with Gasteiger partial charge in [-0.05, 0) is 30.3 Å². The predicted molar refractivity (Wildman–Crippen MR) is 74.4 cm³/mol. The Morgan fingerprint density at radius 2 is 1.59 bits per heavy atom. The number of rotatable bonds is 5. The smallest absolute Gasteiger partial charge is 0.264 e. The molecule has 2 rings (SSSR count). The number of nitrogens with zero attached hydrogens (tertiary/aromatic N) is 1. The van der Waals surface area contributed by atoms with Crippen molar-refractivity contribution in [3.8, 4) is 0 Å². The van der Waals surface area contributed by atoms with Gasteiger partial charge < -0.3 is 5.11 Å². The maximum Gasteiger partial charge on any atom is 0.264 e. The van der Waals surface area contributed by atoms with Crippen molar-refractivity contribution in [2.24, 2.45) is 0 Å². The summed E-state index contributed by atoms with van der Waals surface area (Å²) in [5, 5.41) is 9.04. The van der Waals surface area contributed by atoms with Gasteiger partial charge >= 0.3 is 0 Å². The maximum absolute atomic E-state index is 13.3. The molecule has 0 radical (unpaired) electrons. The first-order valence-electron chi connectivity index (χ1n) is 6.20. The lowest BCUT2D eigenvalue weighted by atomic mass is 10.3. The Morgan fingerprint density at radius 3 is 2.14 bits per heavy atom. The Kier molecular flexibility index (Phi) is 4.72. The van der Waals surface area contributed by atoms with Crippen LogP contribution in [0.25, 0.3) is 0 Å². The lowest BCUT2D eigenvalue weighted by Gasteiger charge is -2.23. The Bertz CT molecular complexity index is 760. The van der Waals surface area contributed by atoms with Crippen LogP contribution in [-0.4, -0.2) is 26.7 Å². The van der Waals surface area contributed by atoms with Crippen LogP contribution in [0.1, 0.15) is 0 Å². The van der Waals surface area contributed by atoms with Crippen LogP contribution in [0.15, 0.2) is 47.4 Å². The fourth-order valence-electron chi connectivity index (χ4n) is 1.91. The van der Waals surface area contributed by atoms with E-state index in [0.717, 1.165) is 12.1 Å². The Morgan fingerprint density at radius 1 is 0.955 bits per heavy atom. The van der Waals surface area contributed by atoms with Gasteiger partial charge in [-0.2, -0.15) is 0 Å². The summed E-state index contributed by atoms with van der Waals surface area (Å²) in [7, 11) is -4.35. The van der Waals surface area contributed by atoms with Gasteiger partial charge in [0.2, 0.25) is 0 Å². The van der Waals surface area contributed by atoms with Crippen molar-refractivity contribution in [2.45, 2.75) is 4.90 Å². The first kappa shape index (κ1) is 16.3. The van der Waals surface area contributed by atoms with Crippen LogP contribution in [-0.2, 0) is 10.0 Å². The molecule has 2 aromatic rings. The number of aliphatic hydroxyl groups excluding tert-OH is 1. The van der Waals surface area contributed by atoms with Crippen LogP contribution >= 0.6 is 0 Å². The standard InChI is InChI=1S/C14H12F3NO3S/c15-10-2-1-3-13(7-10)18(4-5-19)22(20,21)14-8-11(16)6-12(17)9-14/h1-3,6-9,19H,4-5H2. The van der Waals surface area contributed by atoms with Gasteiger partial charge in [-0.25, -0.2) is 21.6 Å². The highest BCUT2D eigenvalue weighted by atomic mass is 32.2. The monoisotopic (exact) mass is 331 g/mol.